The number of anilines is 1. The van der Waals surface area contributed by atoms with Crippen LogP contribution in [0.3, 0.4) is 0 Å². The lowest BCUT2D eigenvalue weighted by Crippen LogP contribution is -2.46. The standard InChI is InChI=1S/C17H28N2OS/c1-6-13(4)19(14(5)7-2)17(21)18-15-11-9-10-12-16(15)20-8-3/h9-14H,6-8H2,1-5H3,(H,18,21). The maximum absolute atomic E-state index is 5.65. The minimum atomic E-state index is 0.416. The van der Waals surface area contributed by atoms with E-state index in [1.807, 2.05) is 31.2 Å². The summed E-state index contributed by atoms with van der Waals surface area (Å²) in [5.41, 5.74) is 0.931. The summed E-state index contributed by atoms with van der Waals surface area (Å²) in [6.45, 7) is 11.4. The molecule has 2 unspecified atom stereocenters. The molecule has 0 aliphatic rings. The number of nitrogens with zero attached hydrogens (tertiary/aromatic N) is 1. The Hall–Kier alpha value is -1.29. The Kier molecular flexibility index (Phi) is 7.51. The molecule has 2 atom stereocenters. The summed E-state index contributed by atoms with van der Waals surface area (Å²) in [4.78, 5) is 2.29. The number of benzene rings is 1. The quantitative estimate of drug-likeness (QED) is 0.739. The highest BCUT2D eigenvalue weighted by atomic mass is 32.1. The van der Waals surface area contributed by atoms with Gasteiger partial charge in [0.15, 0.2) is 5.11 Å². The average molecular weight is 308 g/mol. The molecule has 1 N–H and O–H groups in total. The van der Waals surface area contributed by atoms with Gasteiger partial charge in [0.2, 0.25) is 0 Å². The Bertz CT molecular complexity index is 440. The van der Waals surface area contributed by atoms with Gasteiger partial charge >= 0.3 is 0 Å². The molecule has 118 valence electrons. The predicted molar refractivity (Wildman–Crippen MR) is 95.2 cm³/mol. The molecule has 3 nitrogen and oxygen atoms in total. The highest BCUT2D eigenvalue weighted by molar-refractivity contribution is 7.80. The molecule has 1 aromatic carbocycles. The molecule has 21 heavy (non-hydrogen) atoms. The van der Waals surface area contributed by atoms with Gasteiger partial charge in [-0.25, -0.2) is 0 Å². The van der Waals surface area contributed by atoms with E-state index in [-0.39, 0.29) is 0 Å². The van der Waals surface area contributed by atoms with Gasteiger partial charge in [-0.15, -0.1) is 0 Å². The second-order valence-corrected chi connectivity index (χ2v) is 5.67. The van der Waals surface area contributed by atoms with Crippen molar-refractivity contribution >= 4 is 23.0 Å². The first-order chi connectivity index (χ1) is 10.0. The fourth-order valence-electron chi connectivity index (χ4n) is 2.26. The molecule has 0 aliphatic carbocycles. The van der Waals surface area contributed by atoms with Crippen LogP contribution in [0.15, 0.2) is 24.3 Å². The van der Waals surface area contributed by atoms with E-state index in [9.17, 15) is 0 Å². The summed E-state index contributed by atoms with van der Waals surface area (Å²) in [6.07, 6.45) is 2.14. The van der Waals surface area contributed by atoms with Crippen LogP contribution >= 0.6 is 12.2 Å². The monoisotopic (exact) mass is 308 g/mol. The van der Waals surface area contributed by atoms with Crippen molar-refractivity contribution in [3.63, 3.8) is 0 Å². The number of thiocarbonyl (C=S) groups is 1. The summed E-state index contributed by atoms with van der Waals surface area (Å²) >= 11 is 5.65. The normalized spacial score (nSPS) is 13.4. The van der Waals surface area contributed by atoms with Crippen LogP contribution < -0.4 is 10.1 Å². The Balaban J connectivity index is 2.91. The van der Waals surface area contributed by atoms with E-state index >= 15 is 0 Å². The first kappa shape index (κ1) is 17.8. The molecular weight excluding hydrogens is 280 g/mol. The molecule has 1 aromatic rings. The molecule has 0 spiro atoms. The Morgan fingerprint density at radius 2 is 1.71 bits per heavy atom. The van der Waals surface area contributed by atoms with Crippen molar-refractivity contribution < 1.29 is 4.74 Å². The van der Waals surface area contributed by atoms with E-state index < -0.39 is 0 Å². The van der Waals surface area contributed by atoms with Crippen molar-refractivity contribution in [1.29, 1.82) is 0 Å². The molecule has 0 amide bonds. The Morgan fingerprint density at radius 1 is 1.14 bits per heavy atom. The molecule has 0 aliphatic heterocycles. The van der Waals surface area contributed by atoms with Gasteiger partial charge in [0.05, 0.1) is 12.3 Å². The van der Waals surface area contributed by atoms with E-state index in [0.717, 1.165) is 29.4 Å². The second kappa shape index (κ2) is 8.88. The summed E-state index contributed by atoms with van der Waals surface area (Å²) < 4.78 is 5.65. The highest BCUT2D eigenvalue weighted by Crippen LogP contribution is 2.25. The highest BCUT2D eigenvalue weighted by Gasteiger charge is 2.21. The maximum atomic E-state index is 5.65. The zero-order valence-corrected chi connectivity index (χ0v) is 14.7. The lowest BCUT2D eigenvalue weighted by Gasteiger charge is -2.36. The summed E-state index contributed by atoms with van der Waals surface area (Å²) in [5, 5.41) is 4.13. The molecular formula is C17H28N2OS. The van der Waals surface area contributed by atoms with E-state index in [0.29, 0.717) is 18.7 Å². The van der Waals surface area contributed by atoms with Gasteiger partial charge in [-0.2, -0.15) is 0 Å². The third-order valence-electron chi connectivity index (χ3n) is 3.79. The van der Waals surface area contributed by atoms with Crippen molar-refractivity contribution in [3.8, 4) is 5.75 Å². The number of para-hydroxylation sites is 2. The van der Waals surface area contributed by atoms with Crippen LogP contribution in [0, 0.1) is 0 Å². The van der Waals surface area contributed by atoms with Gasteiger partial charge in [0.1, 0.15) is 5.75 Å². The topological polar surface area (TPSA) is 24.5 Å². The van der Waals surface area contributed by atoms with Gasteiger partial charge in [-0.05, 0) is 58.0 Å². The van der Waals surface area contributed by atoms with Crippen molar-refractivity contribution in [3.05, 3.63) is 24.3 Å². The van der Waals surface area contributed by atoms with Gasteiger partial charge in [0.25, 0.3) is 0 Å². The minimum Gasteiger partial charge on any atom is -0.492 e. The lowest BCUT2D eigenvalue weighted by molar-refractivity contribution is 0.254. The largest absolute Gasteiger partial charge is 0.492 e. The zero-order valence-electron chi connectivity index (χ0n) is 13.8. The molecule has 0 saturated carbocycles. The third kappa shape index (κ3) is 4.88. The van der Waals surface area contributed by atoms with Crippen LogP contribution in [0.2, 0.25) is 0 Å². The first-order valence-corrected chi connectivity index (χ1v) is 8.27. The second-order valence-electron chi connectivity index (χ2n) is 5.28. The maximum Gasteiger partial charge on any atom is 0.174 e. The Morgan fingerprint density at radius 3 is 2.24 bits per heavy atom. The van der Waals surface area contributed by atoms with Crippen molar-refractivity contribution in [1.82, 2.24) is 4.90 Å². The minimum absolute atomic E-state index is 0.416. The fraction of sp³-hybridized carbons (Fsp3) is 0.588. The number of hydrogen-bond donors (Lipinski definition) is 1. The molecule has 0 heterocycles. The van der Waals surface area contributed by atoms with Gasteiger partial charge in [-0.3, -0.25) is 0 Å². The van der Waals surface area contributed by atoms with Gasteiger partial charge < -0.3 is 15.0 Å². The summed E-state index contributed by atoms with van der Waals surface area (Å²) in [6, 6.07) is 8.76. The zero-order chi connectivity index (χ0) is 15.8. The van der Waals surface area contributed by atoms with E-state index in [1.165, 1.54) is 0 Å². The molecule has 0 aromatic heterocycles. The third-order valence-corrected chi connectivity index (χ3v) is 4.11. The molecule has 0 fully saturated rings. The lowest BCUT2D eigenvalue weighted by atomic mass is 10.1. The number of rotatable bonds is 7. The van der Waals surface area contributed by atoms with Gasteiger partial charge in [0, 0.05) is 12.1 Å². The number of ether oxygens (including phenoxy) is 1. The molecule has 0 saturated heterocycles. The molecule has 0 bridgehead atoms. The Labute approximate surface area is 134 Å². The summed E-state index contributed by atoms with van der Waals surface area (Å²) in [7, 11) is 0. The first-order valence-electron chi connectivity index (χ1n) is 7.86. The molecule has 1 rings (SSSR count). The summed E-state index contributed by atoms with van der Waals surface area (Å²) in [5.74, 6) is 0.843. The molecule has 4 heteroatoms. The van der Waals surface area contributed by atoms with Crippen LogP contribution in [0.4, 0.5) is 5.69 Å². The van der Waals surface area contributed by atoms with Crippen LogP contribution in [0.1, 0.15) is 47.5 Å². The molecule has 0 radical (unpaired) electrons. The average Bonchev–Trinajstić information content (AvgIpc) is 2.49. The van der Waals surface area contributed by atoms with E-state index in [1.54, 1.807) is 0 Å². The van der Waals surface area contributed by atoms with Crippen molar-refractivity contribution in [2.75, 3.05) is 11.9 Å². The van der Waals surface area contributed by atoms with Crippen LogP contribution in [0.25, 0.3) is 0 Å². The van der Waals surface area contributed by atoms with E-state index in [2.05, 4.69) is 37.9 Å². The van der Waals surface area contributed by atoms with Crippen LogP contribution in [-0.2, 0) is 0 Å². The number of nitrogens with one attached hydrogen (secondary N) is 1. The van der Waals surface area contributed by atoms with Crippen molar-refractivity contribution in [2.45, 2.75) is 59.5 Å². The fourth-order valence-corrected chi connectivity index (χ4v) is 2.73. The van der Waals surface area contributed by atoms with Crippen LogP contribution in [-0.4, -0.2) is 28.7 Å². The van der Waals surface area contributed by atoms with Gasteiger partial charge in [-0.1, -0.05) is 26.0 Å². The van der Waals surface area contributed by atoms with E-state index in [4.69, 9.17) is 17.0 Å². The van der Waals surface area contributed by atoms with Crippen molar-refractivity contribution in [2.24, 2.45) is 0 Å². The number of hydrogen-bond acceptors (Lipinski definition) is 2. The predicted octanol–water partition coefficient (Wildman–Crippen LogP) is 4.68. The smallest absolute Gasteiger partial charge is 0.174 e. The van der Waals surface area contributed by atoms with Crippen LogP contribution in [0.5, 0.6) is 5.75 Å². The SMILES string of the molecule is CCOc1ccccc1NC(=S)N(C(C)CC)C(C)CC.